The maximum absolute atomic E-state index is 11.4. The quantitative estimate of drug-likeness (QED) is 0.778. The molecule has 1 aromatic rings. The van der Waals surface area contributed by atoms with Crippen molar-refractivity contribution in [2.45, 2.75) is 24.9 Å². The Morgan fingerprint density at radius 2 is 2.06 bits per heavy atom. The Morgan fingerprint density at radius 1 is 1.29 bits per heavy atom. The van der Waals surface area contributed by atoms with Crippen LogP contribution in [0.15, 0.2) is 18.2 Å². The van der Waals surface area contributed by atoms with Crippen LogP contribution in [0.3, 0.4) is 0 Å². The fraction of sp³-hybridized carbons (Fsp3) is 0.462. The summed E-state index contributed by atoms with van der Waals surface area (Å²) in [5.41, 5.74) is 1.97. The molecule has 0 saturated carbocycles. The van der Waals surface area contributed by atoms with Crippen molar-refractivity contribution in [2.75, 3.05) is 14.2 Å². The highest BCUT2D eigenvalue weighted by Gasteiger charge is 2.31. The highest BCUT2D eigenvalue weighted by Crippen LogP contribution is 2.41. The van der Waals surface area contributed by atoms with Gasteiger partial charge in [0.05, 0.1) is 19.1 Å². The van der Waals surface area contributed by atoms with Gasteiger partial charge in [-0.05, 0) is 47.7 Å². The fourth-order valence-electron chi connectivity index (χ4n) is 2.39. The highest BCUT2D eigenvalue weighted by atomic mass is 35.5. The molecule has 2 rings (SSSR count). The Labute approximate surface area is 106 Å². The number of hydrogen-bond acceptors (Lipinski definition) is 3. The predicted octanol–water partition coefficient (Wildman–Crippen LogP) is 3.03. The van der Waals surface area contributed by atoms with Crippen molar-refractivity contribution in [3.05, 3.63) is 29.3 Å². The van der Waals surface area contributed by atoms with Crippen LogP contribution in [0.4, 0.5) is 0 Å². The summed E-state index contributed by atoms with van der Waals surface area (Å²) in [6, 6.07) is 5.68. The molecule has 0 spiro atoms. The van der Waals surface area contributed by atoms with Crippen LogP contribution in [0.25, 0.3) is 0 Å². The first-order valence-corrected chi connectivity index (χ1v) is 5.95. The van der Waals surface area contributed by atoms with Crippen LogP contribution < -0.4 is 4.74 Å². The molecule has 2 atom stereocenters. The van der Waals surface area contributed by atoms with Gasteiger partial charge in [0, 0.05) is 7.11 Å². The molecule has 0 radical (unpaired) electrons. The van der Waals surface area contributed by atoms with Gasteiger partial charge in [0.15, 0.2) is 0 Å². The molecule has 2 unspecified atom stereocenters. The van der Waals surface area contributed by atoms with Gasteiger partial charge >= 0.3 is 0 Å². The van der Waals surface area contributed by atoms with E-state index >= 15 is 0 Å². The average molecular weight is 255 g/mol. The summed E-state index contributed by atoms with van der Waals surface area (Å²) >= 11 is 5.64. The topological polar surface area (TPSA) is 35.5 Å². The van der Waals surface area contributed by atoms with Gasteiger partial charge in [-0.1, -0.05) is 6.07 Å². The molecular weight excluding hydrogens is 240 g/mol. The van der Waals surface area contributed by atoms with Crippen LogP contribution in [0.2, 0.25) is 0 Å². The minimum atomic E-state index is -0.300. The largest absolute Gasteiger partial charge is 0.497 e. The smallest absolute Gasteiger partial charge is 0.229 e. The minimum absolute atomic E-state index is 0.0207. The molecule has 1 aromatic carbocycles. The summed E-state index contributed by atoms with van der Waals surface area (Å²) in [7, 11) is 3.30. The number of methoxy groups -OCH3 is 2. The summed E-state index contributed by atoms with van der Waals surface area (Å²) in [6.45, 7) is 0. The third-order valence-corrected chi connectivity index (χ3v) is 3.56. The van der Waals surface area contributed by atoms with E-state index in [2.05, 4.69) is 0 Å². The first-order chi connectivity index (χ1) is 8.17. The van der Waals surface area contributed by atoms with E-state index in [9.17, 15) is 4.79 Å². The van der Waals surface area contributed by atoms with E-state index in [0.717, 1.165) is 29.7 Å². The zero-order valence-corrected chi connectivity index (χ0v) is 10.7. The van der Waals surface area contributed by atoms with Crippen LogP contribution in [0.1, 0.15) is 36.0 Å². The number of carbonyl (C=O) groups excluding carboxylic acids is 1. The van der Waals surface area contributed by atoms with Gasteiger partial charge in [-0.15, -0.1) is 0 Å². The van der Waals surface area contributed by atoms with Gasteiger partial charge in [-0.3, -0.25) is 4.79 Å². The van der Waals surface area contributed by atoms with Crippen LogP contribution in [-0.2, 0) is 9.53 Å². The molecule has 92 valence electrons. The van der Waals surface area contributed by atoms with Gasteiger partial charge in [0.25, 0.3) is 0 Å². The molecular formula is C13H15ClO3. The molecule has 4 heteroatoms. The number of ether oxygens (including phenoxy) is 2. The van der Waals surface area contributed by atoms with Crippen molar-refractivity contribution in [3.63, 3.8) is 0 Å². The van der Waals surface area contributed by atoms with Crippen molar-refractivity contribution in [1.29, 1.82) is 0 Å². The fourth-order valence-corrected chi connectivity index (χ4v) is 2.61. The van der Waals surface area contributed by atoms with Gasteiger partial charge in [-0.25, -0.2) is 0 Å². The van der Waals surface area contributed by atoms with Crippen LogP contribution in [0, 0.1) is 0 Å². The molecule has 0 saturated heterocycles. The Balaban J connectivity index is 2.46. The molecule has 3 nitrogen and oxygen atoms in total. The van der Waals surface area contributed by atoms with Crippen molar-refractivity contribution in [3.8, 4) is 5.75 Å². The monoisotopic (exact) mass is 254 g/mol. The Morgan fingerprint density at radius 3 is 2.65 bits per heavy atom. The van der Waals surface area contributed by atoms with E-state index in [-0.39, 0.29) is 17.3 Å². The van der Waals surface area contributed by atoms with E-state index < -0.39 is 0 Å². The lowest BCUT2D eigenvalue weighted by Gasteiger charge is -2.29. The number of hydrogen-bond donors (Lipinski definition) is 0. The molecule has 1 aliphatic rings. The maximum atomic E-state index is 11.4. The second-order valence-corrected chi connectivity index (χ2v) is 4.53. The van der Waals surface area contributed by atoms with Gasteiger partial charge < -0.3 is 9.47 Å². The third kappa shape index (κ3) is 2.31. The Hall–Kier alpha value is -1.06. The predicted molar refractivity (Wildman–Crippen MR) is 65.6 cm³/mol. The summed E-state index contributed by atoms with van der Waals surface area (Å²) in [5.74, 6) is 0.553. The summed E-state index contributed by atoms with van der Waals surface area (Å²) in [6.07, 6.45) is 1.56. The average Bonchev–Trinajstić information content (AvgIpc) is 2.36. The molecule has 0 aromatic heterocycles. The van der Waals surface area contributed by atoms with E-state index in [0.29, 0.717) is 0 Å². The lowest BCUT2D eigenvalue weighted by atomic mass is 9.81. The van der Waals surface area contributed by atoms with E-state index in [4.69, 9.17) is 21.1 Å². The van der Waals surface area contributed by atoms with Crippen molar-refractivity contribution in [1.82, 2.24) is 0 Å². The summed E-state index contributed by atoms with van der Waals surface area (Å²) in [5, 5.41) is -0.300. The summed E-state index contributed by atoms with van der Waals surface area (Å²) in [4.78, 5) is 11.4. The number of rotatable bonds is 3. The first kappa shape index (κ1) is 12.4. The molecule has 0 fully saturated rings. The number of halogens is 1. The maximum Gasteiger partial charge on any atom is 0.229 e. The number of carbonyl (C=O) groups is 1. The number of fused-ring (bicyclic) bond motifs is 1. The standard InChI is InChI=1S/C13H15ClO3/c1-16-8-3-4-9-10(13(14)15)5-6-12(17-2)11(9)7-8/h3-4,7,10,12H,5-6H2,1-2H3. The van der Waals surface area contributed by atoms with E-state index in [1.54, 1.807) is 14.2 Å². The van der Waals surface area contributed by atoms with E-state index in [1.165, 1.54) is 0 Å². The van der Waals surface area contributed by atoms with Crippen molar-refractivity contribution in [2.24, 2.45) is 0 Å². The van der Waals surface area contributed by atoms with Gasteiger partial charge in [0.1, 0.15) is 5.75 Å². The van der Waals surface area contributed by atoms with Crippen molar-refractivity contribution >= 4 is 16.8 Å². The van der Waals surface area contributed by atoms with Gasteiger partial charge in [0.2, 0.25) is 5.24 Å². The molecule has 0 amide bonds. The number of benzene rings is 1. The minimum Gasteiger partial charge on any atom is -0.497 e. The molecule has 0 aliphatic heterocycles. The van der Waals surface area contributed by atoms with Crippen molar-refractivity contribution < 1.29 is 14.3 Å². The molecule has 0 heterocycles. The van der Waals surface area contributed by atoms with Crippen LogP contribution >= 0.6 is 11.6 Å². The van der Waals surface area contributed by atoms with Crippen LogP contribution in [0.5, 0.6) is 5.75 Å². The zero-order chi connectivity index (χ0) is 12.4. The second-order valence-electron chi connectivity index (χ2n) is 4.15. The van der Waals surface area contributed by atoms with Crippen LogP contribution in [-0.4, -0.2) is 19.5 Å². The lowest BCUT2D eigenvalue weighted by Crippen LogP contribution is -2.19. The Kier molecular flexibility index (Phi) is 3.69. The zero-order valence-electron chi connectivity index (χ0n) is 9.90. The van der Waals surface area contributed by atoms with Gasteiger partial charge in [-0.2, -0.15) is 0 Å². The summed E-state index contributed by atoms with van der Waals surface area (Å²) < 4.78 is 10.6. The molecule has 0 bridgehead atoms. The van der Waals surface area contributed by atoms with E-state index in [1.807, 2.05) is 18.2 Å². The molecule has 0 N–H and O–H groups in total. The Bertz CT molecular complexity index is 431. The second kappa shape index (κ2) is 5.07. The lowest BCUT2D eigenvalue weighted by molar-refractivity contribution is -0.113. The molecule has 17 heavy (non-hydrogen) atoms. The molecule has 1 aliphatic carbocycles. The first-order valence-electron chi connectivity index (χ1n) is 5.57. The normalized spacial score (nSPS) is 23.0. The highest BCUT2D eigenvalue weighted by molar-refractivity contribution is 6.64. The SMILES string of the molecule is COc1ccc2c(c1)C(OC)CCC2C(=O)Cl. The third-order valence-electron chi connectivity index (χ3n) is 3.29.